The van der Waals surface area contributed by atoms with Gasteiger partial charge in [0.2, 0.25) is 0 Å². The lowest BCUT2D eigenvalue weighted by atomic mass is 10.0. The molecule has 2 N–H and O–H groups in total. The molecule has 1 atom stereocenters. The molecule has 0 aliphatic rings. The summed E-state index contributed by atoms with van der Waals surface area (Å²) in [5, 5.41) is 3.47. The third-order valence-electron chi connectivity index (χ3n) is 2.69. The van der Waals surface area contributed by atoms with Crippen LogP contribution in [-0.4, -0.2) is 0 Å². The average Bonchev–Trinajstić information content (AvgIpc) is 2.70. The highest BCUT2D eigenvalue weighted by Crippen LogP contribution is 2.28. The van der Waals surface area contributed by atoms with Gasteiger partial charge in [-0.25, -0.2) is 0 Å². The Labute approximate surface area is 115 Å². The van der Waals surface area contributed by atoms with Crippen molar-refractivity contribution in [2.75, 3.05) is 0 Å². The zero-order valence-electron chi connectivity index (χ0n) is 9.41. The second kappa shape index (κ2) is 5.40. The van der Waals surface area contributed by atoms with Gasteiger partial charge >= 0.3 is 0 Å². The predicted octanol–water partition coefficient (Wildman–Crippen LogP) is 4.61. The number of thiophene rings is 1. The normalized spacial score (nSPS) is 12.7. The van der Waals surface area contributed by atoms with Crippen molar-refractivity contribution in [2.24, 2.45) is 5.73 Å². The van der Waals surface area contributed by atoms with E-state index in [4.69, 9.17) is 28.9 Å². The zero-order chi connectivity index (χ0) is 12.4. The molecule has 2 aromatic rings. The van der Waals surface area contributed by atoms with E-state index in [9.17, 15) is 0 Å². The van der Waals surface area contributed by atoms with Crippen LogP contribution in [0.15, 0.2) is 29.6 Å². The first-order valence-electron chi connectivity index (χ1n) is 5.31. The van der Waals surface area contributed by atoms with Gasteiger partial charge in [0.05, 0.1) is 0 Å². The molecule has 1 heterocycles. The average molecular weight is 286 g/mol. The fraction of sp³-hybridized carbons (Fsp3) is 0.231. The first-order valence-corrected chi connectivity index (χ1v) is 6.95. The standard InChI is InChI=1S/C13H13Cl2NS/c1-8-4-5-17-13(8)12(16)7-9-6-10(14)2-3-11(9)15/h2-6,12H,7,16H2,1H3. The van der Waals surface area contributed by atoms with Crippen LogP contribution in [0.4, 0.5) is 0 Å². The summed E-state index contributed by atoms with van der Waals surface area (Å²) in [7, 11) is 0. The van der Waals surface area contributed by atoms with Crippen LogP contribution in [0.1, 0.15) is 22.0 Å². The van der Waals surface area contributed by atoms with Crippen molar-refractivity contribution in [3.05, 3.63) is 55.7 Å². The van der Waals surface area contributed by atoms with Gasteiger partial charge in [-0.05, 0) is 54.1 Å². The van der Waals surface area contributed by atoms with E-state index in [-0.39, 0.29) is 6.04 Å². The monoisotopic (exact) mass is 285 g/mol. The molecule has 0 fully saturated rings. The Morgan fingerprint density at radius 3 is 2.71 bits per heavy atom. The molecule has 2 rings (SSSR count). The Kier molecular flexibility index (Phi) is 4.10. The van der Waals surface area contributed by atoms with E-state index in [2.05, 4.69) is 18.4 Å². The highest BCUT2D eigenvalue weighted by Gasteiger charge is 2.13. The fourth-order valence-electron chi connectivity index (χ4n) is 1.79. The van der Waals surface area contributed by atoms with Gasteiger partial charge in [0.25, 0.3) is 0 Å². The molecule has 1 aromatic carbocycles. The van der Waals surface area contributed by atoms with Crippen molar-refractivity contribution >= 4 is 34.5 Å². The molecule has 0 saturated heterocycles. The lowest BCUT2D eigenvalue weighted by molar-refractivity contribution is 0.732. The number of nitrogens with two attached hydrogens (primary N) is 1. The van der Waals surface area contributed by atoms with Crippen LogP contribution in [0.5, 0.6) is 0 Å². The molecular formula is C13H13Cl2NS. The number of hydrogen-bond donors (Lipinski definition) is 1. The molecule has 0 radical (unpaired) electrons. The Bertz CT molecular complexity index is 522. The Hall–Kier alpha value is -0.540. The number of rotatable bonds is 3. The van der Waals surface area contributed by atoms with E-state index in [1.807, 2.05) is 12.1 Å². The minimum absolute atomic E-state index is 0.0223. The minimum atomic E-state index is -0.0223. The van der Waals surface area contributed by atoms with Crippen LogP contribution in [0, 0.1) is 6.92 Å². The van der Waals surface area contributed by atoms with Crippen LogP contribution >= 0.6 is 34.5 Å². The molecule has 0 spiro atoms. The highest BCUT2D eigenvalue weighted by molar-refractivity contribution is 7.10. The number of halogens is 2. The molecule has 1 nitrogen and oxygen atoms in total. The molecule has 0 aliphatic heterocycles. The molecule has 0 aliphatic carbocycles. The summed E-state index contributed by atoms with van der Waals surface area (Å²) in [6.07, 6.45) is 0.709. The van der Waals surface area contributed by atoms with Crippen molar-refractivity contribution in [1.29, 1.82) is 0 Å². The molecule has 0 saturated carbocycles. The van der Waals surface area contributed by atoms with E-state index in [1.54, 1.807) is 17.4 Å². The van der Waals surface area contributed by atoms with Gasteiger partial charge < -0.3 is 5.73 Å². The second-order valence-electron chi connectivity index (χ2n) is 4.01. The van der Waals surface area contributed by atoms with Gasteiger partial charge in [-0.1, -0.05) is 23.2 Å². The van der Waals surface area contributed by atoms with Gasteiger partial charge in [-0.2, -0.15) is 0 Å². The smallest absolute Gasteiger partial charge is 0.0439 e. The maximum absolute atomic E-state index is 6.20. The van der Waals surface area contributed by atoms with Gasteiger partial charge in [0.15, 0.2) is 0 Å². The third kappa shape index (κ3) is 3.02. The maximum atomic E-state index is 6.20. The first kappa shape index (κ1) is 12.9. The van der Waals surface area contributed by atoms with Crippen LogP contribution in [0.25, 0.3) is 0 Å². The van der Waals surface area contributed by atoms with Crippen LogP contribution < -0.4 is 5.73 Å². The highest BCUT2D eigenvalue weighted by atomic mass is 35.5. The van der Waals surface area contributed by atoms with Crippen LogP contribution in [0.3, 0.4) is 0 Å². The molecule has 17 heavy (non-hydrogen) atoms. The lowest BCUT2D eigenvalue weighted by Gasteiger charge is -2.12. The summed E-state index contributed by atoms with van der Waals surface area (Å²) < 4.78 is 0. The van der Waals surface area contributed by atoms with Gasteiger partial charge in [-0.15, -0.1) is 11.3 Å². The van der Waals surface area contributed by atoms with Gasteiger partial charge in [-0.3, -0.25) is 0 Å². The summed E-state index contributed by atoms with van der Waals surface area (Å²) in [6.45, 7) is 2.07. The van der Waals surface area contributed by atoms with Crippen LogP contribution in [-0.2, 0) is 6.42 Å². The third-order valence-corrected chi connectivity index (χ3v) is 4.44. The molecule has 4 heteroatoms. The van der Waals surface area contributed by atoms with Crippen molar-refractivity contribution in [3.63, 3.8) is 0 Å². The molecule has 0 bridgehead atoms. The summed E-state index contributed by atoms with van der Waals surface area (Å²) in [5.41, 5.74) is 8.44. The van der Waals surface area contributed by atoms with E-state index in [0.29, 0.717) is 11.4 Å². The molecule has 90 valence electrons. The number of benzene rings is 1. The molecule has 0 amide bonds. The Balaban J connectivity index is 2.21. The summed E-state index contributed by atoms with van der Waals surface area (Å²) in [5.74, 6) is 0. The van der Waals surface area contributed by atoms with E-state index in [0.717, 1.165) is 10.6 Å². The minimum Gasteiger partial charge on any atom is -0.323 e. The SMILES string of the molecule is Cc1ccsc1C(N)Cc1cc(Cl)ccc1Cl. The van der Waals surface area contributed by atoms with Crippen LogP contribution in [0.2, 0.25) is 10.0 Å². The second-order valence-corrected chi connectivity index (χ2v) is 5.81. The zero-order valence-corrected chi connectivity index (χ0v) is 11.7. The Morgan fingerprint density at radius 2 is 2.06 bits per heavy atom. The van der Waals surface area contributed by atoms with E-state index in [1.165, 1.54) is 10.4 Å². The Morgan fingerprint density at radius 1 is 1.29 bits per heavy atom. The first-order chi connectivity index (χ1) is 8.08. The van der Waals surface area contributed by atoms with E-state index < -0.39 is 0 Å². The summed E-state index contributed by atoms with van der Waals surface area (Å²) in [6, 6.07) is 7.54. The fourth-order valence-corrected chi connectivity index (χ4v) is 3.11. The van der Waals surface area contributed by atoms with Crippen molar-refractivity contribution < 1.29 is 0 Å². The molecular weight excluding hydrogens is 273 g/mol. The van der Waals surface area contributed by atoms with Crippen molar-refractivity contribution in [1.82, 2.24) is 0 Å². The predicted molar refractivity (Wildman–Crippen MR) is 76.2 cm³/mol. The topological polar surface area (TPSA) is 26.0 Å². The maximum Gasteiger partial charge on any atom is 0.0439 e. The number of hydrogen-bond acceptors (Lipinski definition) is 2. The summed E-state index contributed by atoms with van der Waals surface area (Å²) in [4.78, 5) is 1.21. The van der Waals surface area contributed by atoms with E-state index >= 15 is 0 Å². The van der Waals surface area contributed by atoms with Crippen molar-refractivity contribution in [2.45, 2.75) is 19.4 Å². The van der Waals surface area contributed by atoms with Gasteiger partial charge in [0, 0.05) is 21.0 Å². The van der Waals surface area contributed by atoms with Crippen molar-refractivity contribution in [3.8, 4) is 0 Å². The number of aryl methyl sites for hydroxylation is 1. The quantitative estimate of drug-likeness (QED) is 0.876. The van der Waals surface area contributed by atoms with Gasteiger partial charge in [0.1, 0.15) is 0 Å². The largest absolute Gasteiger partial charge is 0.323 e. The summed E-state index contributed by atoms with van der Waals surface area (Å²) >= 11 is 13.8. The lowest BCUT2D eigenvalue weighted by Crippen LogP contribution is -2.13. The molecule has 1 aromatic heterocycles. The molecule has 1 unspecified atom stereocenters.